The Kier molecular flexibility index (Phi) is 7.80. The van der Waals surface area contributed by atoms with Gasteiger partial charge in [0.15, 0.2) is 0 Å². The normalized spacial score (nSPS) is 22.2. The van der Waals surface area contributed by atoms with Crippen molar-refractivity contribution in [3.8, 4) is 0 Å². The van der Waals surface area contributed by atoms with Gasteiger partial charge in [0.2, 0.25) is 5.91 Å². The second-order valence-electron chi connectivity index (χ2n) is 5.53. The predicted molar refractivity (Wildman–Crippen MR) is 74.3 cm³/mol. The van der Waals surface area contributed by atoms with E-state index in [-0.39, 0.29) is 18.4 Å². The number of piperidine rings is 1. The van der Waals surface area contributed by atoms with Crippen LogP contribution in [0, 0.1) is 11.8 Å². The fourth-order valence-electron chi connectivity index (χ4n) is 2.24. The van der Waals surface area contributed by atoms with E-state index in [9.17, 15) is 4.79 Å². The van der Waals surface area contributed by atoms with E-state index in [1.807, 2.05) is 11.8 Å². The van der Waals surface area contributed by atoms with Crippen molar-refractivity contribution in [2.75, 3.05) is 13.1 Å². The van der Waals surface area contributed by atoms with Crippen LogP contribution in [-0.2, 0) is 4.79 Å². The molecule has 3 nitrogen and oxygen atoms in total. The Bertz CT molecular complexity index is 231. The highest BCUT2D eigenvalue weighted by Crippen LogP contribution is 2.20. The molecule has 2 N–H and O–H groups in total. The molecule has 0 aliphatic carbocycles. The van der Waals surface area contributed by atoms with Crippen LogP contribution in [0.15, 0.2) is 0 Å². The molecule has 2 unspecified atom stereocenters. The number of likely N-dealkylation sites (tertiary alicyclic amines) is 1. The largest absolute Gasteiger partial charge is 0.342 e. The molecule has 2 atom stereocenters. The molecule has 1 rings (SSSR count). The monoisotopic (exact) mass is 262 g/mol. The molecule has 4 heteroatoms. The Hall–Kier alpha value is -0.280. The van der Waals surface area contributed by atoms with Gasteiger partial charge in [-0.3, -0.25) is 4.79 Å². The van der Waals surface area contributed by atoms with Crippen molar-refractivity contribution in [2.24, 2.45) is 17.6 Å². The Morgan fingerprint density at radius 2 is 2.06 bits per heavy atom. The molecule has 1 aliphatic rings. The molecule has 1 heterocycles. The van der Waals surface area contributed by atoms with Crippen LogP contribution in [0.25, 0.3) is 0 Å². The predicted octanol–water partition coefficient (Wildman–Crippen LogP) is 2.43. The molecule has 0 spiro atoms. The lowest BCUT2D eigenvalue weighted by Gasteiger charge is -2.34. The average Bonchev–Trinajstić information content (AvgIpc) is 2.26. The van der Waals surface area contributed by atoms with Crippen molar-refractivity contribution in [3.05, 3.63) is 0 Å². The maximum Gasteiger partial charge on any atom is 0.222 e. The minimum absolute atomic E-state index is 0. The highest BCUT2D eigenvalue weighted by molar-refractivity contribution is 5.85. The fourth-order valence-corrected chi connectivity index (χ4v) is 2.24. The summed E-state index contributed by atoms with van der Waals surface area (Å²) in [4.78, 5) is 14.0. The molecule has 1 saturated heterocycles. The number of amides is 1. The van der Waals surface area contributed by atoms with E-state index in [0.29, 0.717) is 24.2 Å². The smallest absolute Gasteiger partial charge is 0.222 e. The third kappa shape index (κ3) is 5.73. The number of rotatable bonds is 4. The van der Waals surface area contributed by atoms with E-state index in [4.69, 9.17) is 5.73 Å². The van der Waals surface area contributed by atoms with Crippen LogP contribution >= 0.6 is 12.4 Å². The van der Waals surface area contributed by atoms with Gasteiger partial charge >= 0.3 is 0 Å². The SMILES string of the molecule is CC(C)CCC(=O)N1CCCC(C(C)N)C1.Cl. The maximum absolute atomic E-state index is 12.0. The molecule has 1 amide bonds. The van der Waals surface area contributed by atoms with Gasteiger partial charge in [0.1, 0.15) is 0 Å². The summed E-state index contributed by atoms with van der Waals surface area (Å²) in [7, 11) is 0. The van der Waals surface area contributed by atoms with Gasteiger partial charge in [0.25, 0.3) is 0 Å². The van der Waals surface area contributed by atoms with Crippen molar-refractivity contribution < 1.29 is 4.79 Å². The third-order valence-electron chi connectivity index (χ3n) is 3.49. The second kappa shape index (κ2) is 7.93. The molecule has 0 aromatic carbocycles. The van der Waals surface area contributed by atoms with Crippen LogP contribution in [-0.4, -0.2) is 29.9 Å². The summed E-state index contributed by atoms with van der Waals surface area (Å²) in [5.41, 5.74) is 5.91. The number of carbonyl (C=O) groups is 1. The molecule has 1 fully saturated rings. The van der Waals surface area contributed by atoms with E-state index in [1.165, 1.54) is 6.42 Å². The van der Waals surface area contributed by atoms with Crippen molar-refractivity contribution in [1.82, 2.24) is 4.90 Å². The lowest BCUT2D eigenvalue weighted by molar-refractivity contribution is -0.133. The minimum Gasteiger partial charge on any atom is -0.342 e. The van der Waals surface area contributed by atoms with Crippen LogP contribution in [0.2, 0.25) is 0 Å². The van der Waals surface area contributed by atoms with Crippen molar-refractivity contribution in [2.45, 2.75) is 52.5 Å². The van der Waals surface area contributed by atoms with Crippen LogP contribution in [0.5, 0.6) is 0 Å². The standard InChI is InChI=1S/C13H26N2O.ClH/c1-10(2)6-7-13(16)15-8-4-5-12(9-15)11(3)14;/h10-12H,4-9,14H2,1-3H3;1H. The lowest BCUT2D eigenvalue weighted by atomic mass is 9.92. The zero-order chi connectivity index (χ0) is 12.1. The zero-order valence-electron chi connectivity index (χ0n) is 11.3. The first kappa shape index (κ1) is 16.7. The highest BCUT2D eigenvalue weighted by Gasteiger charge is 2.25. The molecule has 0 aromatic rings. The Morgan fingerprint density at radius 3 is 2.59 bits per heavy atom. The first-order valence-corrected chi connectivity index (χ1v) is 6.54. The summed E-state index contributed by atoms with van der Waals surface area (Å²) in [6, 6.07) is 0.209. The van der Waals surface area contributed by atoms with Crippen molar-refractivity contribution in [3.63, 3.8) is 0 Å². The van der Waals surface area contributed by atoms with Gasteiger partial charge in [0, 0.05) is 25.6 Å². The summed E-state index contributed by atoms with van der Waals surface area (Å²) < 4.78 is 0. The highest BCUT2D eigenvalue weighted by atomic mass is 35.5. The molecule has 17 heavy (non-hydrogen) atoms. The zero-order valence-corrected chi connectivity index (χ0v) is 12.1. The maximum atomic E-state index is 12.0. The Morgan fingerprint density at radius 1 is 1.41 bits per heavy atom. The number of nitrogens with two attached hydrogens (primary N) is 1. The molecule has 0 saturated carbocycles. The average molecular weight is 263 g/mol. The van der Waals surface area contributed by atoms with Gasteiger partial charge in [-0.2, -0.15) is 0 Å². The Balaban J connectivity index is 0.00000256. The number of halogens is 1. The first-order valence-electron chi connectivity index (χ1n) is 6.54. The summed E-state index contributed by atoms with van der Waals surface area (Å²) >= 11 is 0. The van der Waals surface area contributed by atoms with Crippen molar-refractivity contribution in [1.29, 1.82) is 0 Å². The number of hydrogen-bond donors (Lipinski definition) is 1. The summed E-state index contributed by atoms with van der Waals surface area (Å²) in [5.74, 6) is 1.42. The van der Waals surface area contributed by atoms with Gasteiger partial charge in [-0.25, -0.2) is 0 Å². The fraction of sp³-hybridized carbons (Fsp3) is 0.923. The third-order valence-corrected chi connectivity index (χ3v) is 3.49. The van der Waals surface area contributed by atoms with Crippen LogP contribution in [0.1, 0.15) is 46.5 Å². The van der Waals surface area contributed by atoms with Gasteiger partial charge in [-0.05, 0) is 38.0 Å². The topological polar surface area (TPSA) is 46.3 Å². The lowest BCUT2D eigenvalue weighted by Crippen LogP contribution is -2.45. The molecular formula is C13H27ClN2O. The molecule has 102 valence electrons. The van der Waals surface area contributed by atoms with Gasteiger partial charge < -0.3 is 10.6 Å². The first-order chi connectivity index (χ1) is 7.50. The molecule has 0 radical (unpaired) electrons. The van der Waals surface area contributed by atoms with Gasteiger partial charge in [0.05, 0.1) is 0 Å². The van der Waals surface area contributed by atoms with Crippen molar-refractivity contribution >= 4 is 18.3 Å². The quantitative estimate of drug-likeness (QED) is 0.846. The van der Waals surface area contributed by atoms with E-state index in [2.05, 4.69) is 13.8 Å². The molecule has 0 bridgehead atoms. The van der Waals surface area contributed by atoms with Crippen LogP contribution in [0.4, 0.5) is 0 Å². The molecular weight excluding hydrogens is 236 g/mol. The number of carbonyl (C=O) groups excluding carboxylic acids is 1. The van der Waals surface area contributed by atoms with E-state index in [0.717, 1.165) is 25.9 Å². The van der Waals surface area contributed by atoms with E-state index >= 15 is 0 Å². The van der Waals surface area contributed by atoms with Crippen LogP contribution < -0.4 is 5.73 Å². The minimum atomic E-state index is 0. The van der Waals surface area contributed by atoms with Gasteiger partial charge in [-0.15, -0.1) is 12.4 Å². The summed E-state index contributed by atoms with van der Waals surface area (Å²) in [5, 5.41) is 0. The van der Waals surface area contributed by atoms with Crippen LogP contribution in [0.3, 0.4) is 0 Å². The van der Waals surface area contributed by atoms with E-state index < -0.39 is 0 Å². The van der Waals surface area contributed by atoms with E-state index in [1.54, 1.807) is 0 Å². The summed E-state index contributed by atoms with van der Waals surface area (Å²) in [6.07, 6.45) is 3.98. The van der Waals surface area contributed by atoms with Gasteiger partial charge in [-0.1, -0.05) is 13.8 Å². The second-order valence-corrected chi connectivity index (χ2v) is 5.53. The Labute approximate surface area is 112 Å². The molecule has 0 aromatic heterocycles. The molecule has 1 aliphatic heterocycles. The number of nitrogens with zero attached hydrogens (tertiary/aromatic N) is 1. The summed E-state index contributed by atoms with van der Waals surface area (Å²) in [6.45, 7) is 8.17. The number of hydrogen-bond acceptors (Lipinski definition) is 2.